The molecule has 1 aromatic rings. The molecular formula is C17H24N2O. The van der Waals surface area contributed by atoms with Crippen LogP contribution in [0.1, 0.15) is 39.2 Å². The Labute approximate surface area is 121 Å². The van der Waals surface area contributed by atoms with E-state index in [1.165, 1.54) is 5.56 Å². The molecule has 0 radical (unpaired) electrons. The van der Waals surface area contributed by atoms with Crippen LogP contribution in [0.5, 0.6) is 0 Å². The van der Waals surface area contributed by atoms with Crippen molar-refractivity contribution in [3.8, 4) is 0 Å². The summed E-state index contributed by atoms with van der Waals surface area (Å²) in [7, 11) is 0. The fourth-order valence-corrected chi connectivity index (χ4v) is 2.57. The van der Waals surface area contributed by atoms with Gasteiger partial charge in [-0.05, 0) is 31.4 Å². The lowest BCUT2D eigenvalue weighted by molar-refractivity contribution is -0.127. The summed E-state index contributed by atoms with van der Waals surface area (Å²) in [6.45, 7) is 7.76. The summed E-state index contributed by atoms with van der Waals surface area (Å²) in [6.07, 6.45) is 2.21. The third-order valence-electron chi connectivity index (χ3n) is 3.99. The predicted octanol–water partition coefficient (Wildman–Crippen LogP) is 3.08. The third-order valence-corrected chi connectivity index (χ3v) is 3.99. The zero-order valence-corrected chi connectivity index (χ0v) is 12.6. The maximum Gasteiger partial charge on any atom is 0.251 e. The van der Waals surface area contributed by atoms with E-state index in [-0.39, 0.29) is 12.1 Å². The van der Waals surface area contributed by atoms with Crippen molar-refractivity contribution in [2.75, 3.05) is 6.54 Å². The Hall–Kier alpha value is -1.61. The van der Waals surface area contributed by atoms with Gasteiger partial charge in [0.2, 0.25) is 0 Å². The number of carbonyl (C=O) groups is 1. The number of amides is 1. The number of unbranched alkanes of at least 4 members (excludes halogenated alkanes) is 1. The van der Waals surface area contributed by atoms with Crippen molar-refractivity contribution >= 4 is 5.91 Å². The van der Waals surface area contributed by atoms with E-state index in [0.717, 1.165) is 37.1 Å². The number of hydrogen-bond donors (Lipinski definition) is 1. The minimum Gasteiger partial charge on any atom is -0.319 e. The van der Waals surface area contributed by atoms with Crippen molar-refractivity contribution in [3.05, 3.63) is 47.0 Å². The molecule has 0 bridgehead atoms. The number of rotatable bonds is 6. The highest BCUT2D eigenvalue weighted by molar-refractivity contribution is 5.96. The molecule has 2 rings (SSSR count). The number of carbonyl (C=O) groups excluding carboxylic acids is 1. The number of benzene rings is 1. The predicted molar refractivity (Wildman–Crippen MR) is 82.1 cm³/mol. The first-order valence-electron chi connectivity index (χ1n) is 7.40. The zero-order valence-electron chi connectivity index (χ0n) is 12.6. The van der Waals surface area contributed by atoms with Gasteiger partial charge >= 0.3 is 0 Å². The van der Waals surface area contributed by atoms with Gasteiger partial charge in [0, 0.05) is 18.7 Å². The van der Waals surface area contributed by atoms with E-state index in [0.29, 0.717) is 0 Å². The molecule has 0 aliphatic carbocycles. The van der Waals surface area contributed by atoms with Gasteiger partial charge in [-0.2, -0.15) is 0 Å². The Kier molecular flexibility index (Phi) is 4.96. The molecule has 0 saturated heterocycles. The van der Waals surface area contributed by atoms with Gasteiger partial charge in [0.05, 0.1) is 0 Å². The van der Waals surface area contributed by atoms with Gasteiger partial charge in [-0.25, -0.2) is 0 Å². The summed E-state index contributed by atoms with van der Waals surface area (Å²) in [5, 5.41) is 3.51. The quantitative estimate of drug-likeness (QED) is 0.863. The first-order valence-corrected chi connectivity index (χ1v) is 7.40. The van der Waals surface area contributed by atoms with Gasteiger partial charge in [-0.15, -0.1) is 0 Å². The molecule has 1 amide bonds. The molecular weight excluding hydrogens is 248 g/mol. The van der Waals surface area contributed by atoms with E-state index in [2.05, 4.69) is 31.3 Å². The lowest BCUT2D eigenvalue weighted by atomic mass is 10.1. The Morgan fingerprint density at radius 1 is 1.20 bits per heavy atom. The normalized spacial score (nSPS) is 19.1. The van der Waals surface area contributed by atoms with E-state index in [4.69, 9.17) is 0 Å². The number of hydrogen-bond acceptors (Lipinski definition) is 2. The monoisotopic (exact) mass is 272 g/mol. The largest absolute Gasteiger partial charge is 0.319 e. The van der Waals surface area contributed by atoms with Gasteiger partial charge < -0.3 is 4.90 Å². The molecule has 3 heteroatoms. The highest BCUT2D eigenvalue weighted by atomic mass is 16.2. The molecule has 0 fully saturated rings. The number of nitrogens with zero attached hydrogens (tertiary/aromatic N) is 1. The number of nitrogens with one attached hydrogen (secondary N) is 1. The average Bonchev–Trinajstić information content (AvgIpc) is 2.68. The Morgan fingerprint density at radius 2 is 1.90 bits per heavy atom. The Balaban J connectivity index is 2.04. The molecule has 0 aromatic heterocycles. The summed E-state index contributed by atoms with van der Waals surface area (Å²) in [5.74, 6) is 0.182. The molecule has 0 saturated carbocycles. The second-order valence-corrected chi connectivity index (χ2v) is 5.43. The van der Waals surface area contributed by atoms with Crippen molar-refractivity contribution in [1.29, 1.82) is 0 Å². The molecule has 20 heavy (non-hydrogen) atoms. The van der Waals surface area contributed by atoms with Gasteiger partial charge in [0.1, 0.15) is 6.17 Å². The summed E-state index contributed by atoms with van der Waals surface area (Å²) >= 11 is 0. The van der Waals surface area contributed by atoms with Crippen LogP contribution < -0.4 is 5.32 Å². The smallest absolute Gasteiger partial charge is 0.251 e. The molecule has 1 aromatic carbocycles. The van der Waals surface area contributed by atoms with E-state index in [1.807, 2.05) is 30.0 Å². The van der Waals surface area contributed by atoms with Crippen LogP contribution in [0.4, 0.5) is 0 Å². The van der Waals surface area contributed by atoms with Crippen LogP contribution in [0.3, 0.4) is 0 Å². The second-order valence-electron chi connectivity index (χ2n) is 5.43. The minimum absolute atomic E-state index is 0.0502. The summed E-state index contributed by atoms with van der Waals surface area (Å²) in [4.78, 5) is 14.2. The third kappa shape index (κ3) is 3.10. The molecule has 1 atom stereocenters. The van der Waals surface area contributed by atoms with Gasteiger partial charge in [0.15, 0.2) is 0 Å². The SMILES string of the molecule is CCCCN1C(=O)C(C)=C(C)[C@H]1NCc1ccccc1. The molecule has 1 aliphatic heterocycles. The molecule has 3 nitrogen and oxygen atoms in total. The highest BCUT2D eigenvalue weighted by Gasteiger charge is 2.33. The van der Waals surface area contributed by atoms with Crippen LogP contribution in [0.2, 0.25) is 0 Å². The highest BCUT2D eigenvalue weighted by Crippen LogP contribution is 2.24. The summed E-state index contributed by atoms with van der Waals surface area (Å²) < 4.78 is 0. The van der Waals surface area contributed by atoms with Gasteiger partial charge in [-0.3, -0.25) is 10.1 Å². The maximum atomic E-state index is 12.3. The van der Waals surface area contributed by atoms with E-state index in [9.17, 15) is 4.79 Å². The van der Waals surface area contributed by atoms with Crippen molar-refractivity contribution < 1.29 is 4.79 Å². The second kappa shape index (κ2) is 6.71. The molecule has 1 heterocycles. The fraction of sp³-hybridized carbons (Fsp3) is 0.471. The van der Waals surface area contributed by atoms with E-state index < -0.39 is 0 Å². The molecule has 0 spiro atoms. The van der Waals surface area contributed by atoms with Crippen LogP contribution in [-0.2, 0) is 11.3 Å². The van der Waals surface area contributed by atoms with Crippen LogP contribution >= 0.6 is 0 Å². The van der Waals surface area contributed by atoms with Crippen molar-refractivity contribution in [3.63, 3.8) is 0 Å². The molecule has 108 valence electrons. The Bertz CT molecular complexity index is 493. The minimum atomic E-state index is 0.0502. The summed E-state index contributed by atoms with van der Waals surface area (Å²) in [6, 6.07) is 10.3. The van der Waals surface area contributed by atoms with Crippen molar-refractivity contribution in [1.82, 2.24) is 10.2 Å². The van der Waals surface area contributed by atoms with Crippen LogP contribution in [0.15, 0.2) is 41.5 Å². The zero-order chi connectivity index (χ0) is 14.5. The fourth-order valence-electron chi connectivity index (χ4n) is 2.57. The van der Waals surface area contributed by atoms with E-state index >= 15 is 0 Å². The Morgan fingerprint density at radius 3 is 2.55 bits per heavy atom. The molecule has 1 aliphatic rings. The first-order chi connectivity index (χ1) is 9.65. The average molecular weight is 272 g/mol. The van der Waals surface area contributed by atoms with Crippen molar-refractivity contribution in [2.24, 2.45) is 0 Å². The lowest BCUT2D eigenvalue weighted by Gasteiger charge is -2.27. The van der Waals surface area contributed by atoms with Crippen LogP contribution in [0.25, 0.3) is 0 Å². The standard InChI is InChI=1S/C17H24N2O/c1-4-5-11-19-16(13(2)14(3)17(19)20)18-12-15-9-7-6-8-10-15/h6-10,16,18H,4-5,11-12H2,1-3H3/t16-/m0/s1. The maximum absolute atomic E-state index is 12.3. The lowest BCUT2D eigenvalue weighted by Crippen LogP contribution is -2.45. The summed E-state index contributed by atoms with van der Waals surface area (Å²) in [5.41, 5.74) is 3.29. The topological polar surface area (TPSA) is 32.3 Å². The first kappa shape index (κ1) is 14.8. The van der Waals surface area contributed by atoms with Crippen LogP contribution in [-0.4, -0.2) is 23.5 Å². The van der Waals surface area contributed by atoms with E-state index in [1.54, 1.807) is 0 Å². The van der Waals surface area contributed by atoms with Gasteiger partial charge in [-0.1, -0.05) is 43.7 Å². The molecule has 1 N–H and O–H groups in total. The van der Waals surface area contributed by atoms with Crippen molar-refractivity contribution in [2.45, 2.75) is 46.3 Å². The van der Waals surface area contributed by atoms with Crippen LogP contribution in [0, 0.1) is 0 Å². The molecule has 0 unspecified atom stereocenters. The van der Waals surface area contributed by atoms with Gasteiger partial charge in [0.25, 0.3) is 5.91 Å².